The lowest BCUT2D eigenvalue weighted by Gasteiger charge is -2.17. The number of hydrogen-bond acceptors (Lipinski definition) is 5. The lowest BCUT2D eigenvalue weighted by molar-refractivity contribution is -0.142. The van der Waals surface area contributed by atoms with Gasteiger partial charge in [0.15, 0.2) is 0 Å². The molecule has 2 rings (SSSR count). The second-order valence-electron chi connectivity index (χ2n) is 5.27. The van der Waals surface area contributed by atoms with Crippen LogP contribution >= 0.6 is 11.6 Å². The third-order valence-corrected chi connectivity index (χ3v) is 3.87. The standard InChI is InChI=1S/C18H18ClNO5/c1-24-16-8-3-11(9-14(16)19)10-15(18(23)25-2)20-17(22)12-4-6-13(21)7-5-12/h3-9,15,21H,10H2,1-2H3,(H,20,22)/t15-/m1/s1. The van der Waals surface area contributed by atoms with Gasteiger partial charge in [-0.15, -0.1) is 0 Å². The van der Waals surface area contributed by atoms with Crippen molar-refractivity contribution in [2.24, 2.45) is 0 Å². The van der Waals surface area contributed by atoms with Crippen molar-refractivity contribution in [3.8, 4) is 11.5 Å². The number of phenols is 1. The Labute approximate surface area is 150 Å². The molecule has 1 amide bonds. The number of benzene rings is 2. The Balaban J connectivity index is 2.16. The van der Waals surface area contributed by atoms with Gasteiger partial charge in [0.2, 0.25) is 0 Å². The van der Waals surface area contributed by atoms with E-state index in [9.17, 15) is 14.7 Å². The molecule has 0 aliphatic rings. The van der Waals surface area contributed by atoms with Crippen LogP contribution in [0.5, 0.6) is 11.5 Å². The number of rotatable bonds is 6. The van der Waals surface area contributed by atoms with Crippen LogP contribution in [-0.4, -0.2) is 37.2 Å². The summed E-state index contributed by atoms with van der Waals surface area (Å²) in [5.74, 6) is -0.448. The first-order chi connectivity index (χ1) is 11.9. The molecule has 0 unspecified atom stereocenters. The van der Waals surface area contributed by atoms with E-state index in [-0.39, 0.29) is 12.2 Å². The van der Waals surface area contributed by atoms with Crippen LogP contribution in [0.4, 0.5) is 0 Å². The minimum absolute atomic E-state index is 0.0499. The lowest BCUT2D eigenvalue weighted by Crippen LogP contribution is -2.43. The molecule has 25 heavy (non-hydrogen) atoms. The number of carbonyl (C=O) groups excluding carboxylic acids is 2. The van der Waals surface area contributed by atoms with E-state index in [1.54, 1.807) is 18.2 Å². The number of amides is 1. The Hall–Kier alpha value is -2.73. The maximum Gasteiger partial charge on any atom is 0.328 e. The van der Waals surface area contributed by atoms with Crippen molar-refractivity contribution in [1.82, 2.24) is 5.32 Å². The van der Waals surface area contributed by atoms with Gasteiger partial charge in [-0.2, -0.15) is 0 Å². The van der Waals surface area contributed by atoms with Crippen LogP contribution in [0.2, 0.25) is 5.02 Å². The molecule has 7 heteroatoms. The summed E-state index contributed by atoms with van der Waals surface area (Å²) >= 11 is 6.09. The summed E-state index contributed by atoms with van der Waals surface area (Å²) in [6.45, 7) is 0. The Morgan fingerprint density at radius 2 is 1.84 bits per heavy atom. The Morgan fingerprint density at radius 3 is 2.40 bits per heavy atom. The molecule has 0 saturated heterocycles. The van der Waals surface area contributed by atoms with E-state index in [0.717, 1.165) is 5.56 Å². The fourth-order valence-electron chi connectivity index (χ4n) is 2.26. The van der Waals surface area contributed by atoms with Gasteiger partial charge in [0, 0.05) is 12.0 Å². The fraction of sp³-hybridized carbons (Fsp3) is 0.222. The zero-order chi connectivity index (χ0) is 18.4. The van der Waals surface area contributed by atoms with Gasteiger partial charge in [-0.3, -0.25) is 4.79 Å². The number of ether oxygens (including phenoxy) is 2. The summed E-state index contributed by atoms with van der Waals surface area (Å²) in [6, 6.07) is 9.95. The fourth-order valence-corrected chi connectivity index (χ4v) is 2.54. The summed E-state index contributed by atoms with van der Waals surface area (Å²) in [6.07, 6.45) is 0.209. The molecular weight excluding hydrogens is 346 g/mol. The Morgan fingerprint density at radius 1 is 1.16 bits per heavy atom. The number of halogens is 1. The van der Waals surface area contributed by atoms with Crippen LogP contribution in [0.25, 0.3) is 0 Å². The second kappa shape index (κ2) is 8.39. The molecule has 0 fully saturated rings. The first-order valence-corrected chi connectivity index (χ1v) is 7.82. The third-order valence-electron chi connectivity index (χ3n) is 3.58. The van der Waals surface area contributed by atoms with Gasteiger partial charge in [0.25, 0.3) is 5.91 Å². The zero-order valence-corrected chi connectivity index (χ0v) is 14.5. The van der Waals surface area contributed by atoms with Crippen LogP contribution in [0.1, 0.15) is 15.9 Å². The van der Waals surface area contributed by atoms with Gasteiger partial charge in [-0.25, -0.2) is 4.79 Å². The van der Waals surface area contributed by atoms with Gasteiger partial charge in [-0.05, 0) is 42.0 Å². The van der Waals surface area contributed by atoms with Gasteiger partial charge in [0.1, 0.15) is 17.5 Å². The molecular formula is C18H18ClNO5. The van der Waals surface area contributed by atoms with Gasteiger partial charge >= 0.3 is 5.97 Å². The van der Waals surface area contributed by atoms with Crippen molar-refractivity contribution < 1.29 is 24.2 Å². The number of nitrogens with one attached hydrogen (secondary N) is 1. The van der Waals surface area contributed by atoms with Gasteiger partial charge < -0.3 is 19.9 Å². The Bertz CT molecular complexity index is 761. The normalized spacial score (nSPS) is 11.5. The van der Waals surface area contributed by atoms with Crippen LogP contribution in [0, 0.1) is 0 Å². The molecule has 0 aliphatic carbocycles. The van der Waals surface area contributed by atoms with Crippen molar-refractivity contribution in [2.75, 3.05) is 14.2 Å². The van der Waals surface area contributed by atoms with E-state index in [1.807, 2.05) is 0 Å². The van der Waals surface area contributed by atoms with Crippen molar-refractivity contribution in [2.45, 2.75) is 12.5 Å². The first-order valence-electron chi connectivity index (χ1n) is 7.44. The summed E-state index contributed by atoms with van der Waals surface area (Å²) < 4.78 is 9.86. The molecule has 6 nitrogen and oxygen atoms in total. The predicted molar refractivity (Wildman–Crippen MR) is 93.1 cm³/mol. The van der Waals surface area contributed by atoms with Gasteiger partial charge in [0.05, 0.1) is 19.2 Å². The molecule has 0 spiro atoms. The second-order valence-corrected chi connectivity index (χ2v) is 5.68. The predicted octanol–water partition coefficient (Wildman–Crippen LogP) is 2.57. The van der Waals surface area contributed by atoms with Crippen molar-refractivity contribution >= 4 is 23.5 Å². The molecule has 2 aromatic rings. The van der Waals surface area contributed by atoms with Crippen molar-refractivity contribution in [1.29, 1.82) is 0 Å². The summed E-state index contributed by atoms with van der Waals surface area (Å²) in [4.78, 5) is 24.3. The molecule has 0 aliphatic heterocycles. The van der Waals surface area contributed by atoms with E-state index in [0.29, 0.717) is 16.3 Å². The largest absolute Gasteiger partial charge is 0.508 e. The highest BCUT2D eigenvalue weighted by atomic mass is 35.5. The quantitative estimate of drug-likeness (QED) is 0.770. The number of carbonyl (C=O) groups is 2. The van der Waals surface area contributed by atoms with Crippen LogP contribution in [0.15, 0.2) is 42.5 Å². The number of aromatic hydroxyl groups is 1. The molecule has 0 bridgehead atoms. The summed E-state index contributed by atoms with van der Waals surface area (Å²) in [5.41, 5.74) is 1.06. The highest BCUT2D eigenvalue weighted by Gasteiger charge is 2.23. The average Bonchev–Trinajstić information content (AvgIpc) is 2.61. The Kier molecular flexibility index (Phi) is 6.25. The van der Waals surface area contributed by atoms with Crippen molar-refractivity contribution in [3.63, 3.8) is 0 Å². The number of hydrogen-bond donors (Lipinski definition) is 2. The first kappa shape index (κ1) is 18.6. The molecule has 0 saturated carbocycles. The zero-order valence-electron chi connectivity index (χ0n) is 13.8. The molecule has 2 N–H and O–H groups in total. The highest BCUT2D eigenvalue weighted by Crippen LogP contribution is 2.25. The van der Waals surface area contributed by atoms with Crippen LogP contribution in [0.3, 0.4) is 0 Å². The SMILES string of the molecule is COC(=O)[C@@H](Cc1ccc(OC)c(Cl)c1)NC(=O)c1ccc(O)cc1. The van der Waals surface area contributed by atoms with Gasteiger partial charge in [-0.1, -0.05) is 17.7 Å². The minimum Gasteiger partial charge on any atom is -0.508 e. The number of methoxy groups -OCH3 is 2. The van der Waals surface area contributed by atoms with E-state index >= 15 is 0 Å². The topological polar surface area (TPSA) is 84.9 Å². The molecule has 0 aromatic heterocycles. The van der Waals surface area contributed by atoms with E-state index in [4.69, 9.17) is 21.1 Å². The number of esters is 1. The summed E-state index contributed by atoms with van der Waals surface area (Å²) in [7, 11) is 2.76. The third kappa shape index (κ3) is 4.87. The molecule has 0 heterocycles. The van der Waals surface area contributed by atoms with Crippen LogP contribution < -0.4 is 10.1 Å². The molecule has 132 valence electrons. The maximum absolute atomic E-state index is 12.3. The highest BCUT2D eigenvalue weighted by molar-refractivity contribution is 6.32. The summed E-state index contributed by atoms with van der Waals surface area (Å²) in [5, 5.41) is 12.3. The molecule has 2 aromatic carbocycles. The smallest absolute Gasteiger partial charge is 0.328 e. The minimum atomic E-state index is -0.879. The van der Waals surface area contributed by atoms with E-state index < -0.39 is 17.9 Å². The number of phenolic OH excluding ortho intramolecular Hbond substituents is 1. The maximum atomic E-state index is 12.3. The van der Waals surface area contributed by atoms with E-state index in [1.165, 1.54) is 38.5 Å². The lowest BCUT2D eigenvalue weighted by atomic mass is 10.0. The average molecular weight is 364 g/mol. The van der Waals surface area contributed by atoms with Crippen molar-refractivity contribution in [3.05, 3.63) is 58.6 Å². The monoisotopic (exact) mass is 363 g/mol. The molecule has 0 radical (unpaired) electrons. The molecule has 1 atom stereocenters. The van der Waals surface area contributed by atoms with Crippen LogP contribution in [-0.2, 0) is 16.0 Å². The van der Waals surface area contributed by atoms with E-state index in [2.05, 4.69) is 5.32 Å².